The Morgan fingerprint density at radius 2 is 1.91 bits per heavy atom. The first-order valence-corrected chi connectivity index (χ1v) is 9.73. The number of amides is 1. The maximum atomic E-state index is 11.3. The number of unbranched alkanes of at least 4 members (excludes halogenated alkanes) is 7. The van der Waals surface area contributed by atoms with Crippen molar-refractivity contribution in [1.82, 2.24) is 15.3 Å². The smallest absolute Gasteiger partial charge is 0.217 e. The van der Waals surface area contributed by atoms with E-state index in [9.17, 15) is 4.79 Å². The normalized spacial score (nSPS) is 12.3. The third-order valence-electron chi connectivity index (χ3n) is 3.65. The van der Waals surface area contributed by atoms with E-state index in [0.29, 0.717) is 0 Å². The lowest BCUT2D eigenvalue weighted by atomic mass is 10.1. The molecule has 4 nitrogen and oxygen atoms in total. The van der Waals surface area contributed by atoms with Gasteiger partial charge in [0.25, 0.3) is 0 Å². The average molecular weight is 326 g/mol. The Bertz CT molecular complexity index is 381. The summed E-state index contributed by atoms with van der Waals surface area (Å²) in [6.07, 6.45) is 14.4. The van der Waals surface area contributed by atoms with Crippen molar-refractivity contribution in [1.29, 1.82) is 0 Å². The summed E-state index contributed by atoms with van der Waals surface area (Å²) in [6.45, 7) is 3.81. The van der Waals surface area contributed by atoms with Crippen molar-refractivity contribution < 1.29 is 4.79 Å². The van der Waals surface area contributed by atoms with Gasteiger partial charge in [0.1, 0.15) is 5.82 Å². The molecule has 1 amide bonds. The van der Waals surface area contributed by atoms with Crippen LogP contribution >= 0.6 is 11.8 Å². The summed E-state index contributed by atoms with van der Waals surface area (Å²) in [5.74, 6) is 2.88. The van der Waals surface area contributed by atoms with Crippen molar-refractivity contribution in [2.75, 3.05) is 11.5 Å². The third kappa shape index (κ3) is 9.13. The van der Waals surface area contributed by atoms with E-state index in [1.54, 1.807) is 19.3 Å². The SMILES string of the molecule is CCCCCCCCCCSCC(NC(C)=O)c1ncc[nH]1. The number of thioether (sulfide) groups is 1. The molecule has 1 aromatic rings. The van der Waals surface area contributed by atoms with Crippen molar-refractivity contribution >= 4 is 17.7 Å². The summed E-state index contributed by atoms with van der Waals surface area (Å²) in [4.78, 5) is 18.6. The molecule has 0 aliphatic carbocycles. The number of H-pyrrole nitrogens is 1. The van der Waals surface area contributed by atoms with E-state index in [4.69, 9.17) is 0 Å². The number of nitrogens with zero attached hydrogens (tertiary/aromatic N) is 1. The van der Waals surface area contributed by atoms with E-state index in [0.717, 1.165) is 17.3 Å². The molecule has 126 valence electrons. The second-order valence-electron chi connectivity index (χ2n) is 5.78. The Morgan fingerprint density at radius 3 is 2.50 bits per heavy atom. The molecule has 2 N–H and O–H groups in total. The number of nitrogens with one attached hydrogen (secondary N) is 2. The molecular weight excluding hydrogens is 294 g/mol. The number of carbonyl (C=O) groups is 1. The zero-order valence-electron chi connectivity index (χ0n) is 14.1. The van der Waals surface area contributed by atoms with Gasteiger partial charge in [-0.1, -0.05) is 51.9 Å². The van der Waals surface area contributed by atoms with Gasteiger partial charge >= 0.3 is 0 Å². The van der Waals surface area contributed by atoms with Crippen LogP contribution in [0.1, 0.15) is 77.1 Å². The summed E-state index contributed by atoms with van der Waals surface area (Å²) in [6, 6.07) is -0.00783. The number of imidazole rings is 1. The van der Waals surface area contributed by atoms with Crippen LogP contribution in [0.3, 0.4) is 0 Å². The first kappa shape index (κ1) is 19.1. The van der Waals surface area contributed by atoms with Gasteiger partial charge in [-0.3, -0.25) is 4.79 Å². The molecular formula is C17H31N3OS. The summed E-state index contributed by atoms with van der Waals surface area (Å²) in [5, 5.41) is 2.96. The van der Waals surface area contributed by atoms with Crippen LogP contribution in [0.4, 0.5) is 0 Å². The lowest BCUT2D eigenvalue weighted by molar-refractivity contribution is -0.119. The van der Waals surface area contributed by atoms with Crippen LogP contribution in [0.5, 0.6) is 0 Å². The lowest BCUT2D eigenvalue weighted by Gasteiger charge is -2.15. The maximum absolute atomic E-state index is 11.3. The monoisotopic (exact) mass is 325 g/mol. The molecule has 0 saturated carbocycles. The van der Waals surface area contributed by atoms with Crippen LogP contribution in [0, 0.1) is 0 Å². The molecule has 1 aromatic heterocycles. The van der Waals surface area contributed by atoms with Crippen molar-refractivity contribution in [3.05, 3.63) is 18.2 Å². The first-order valence-electron chi connectivity index (χ1n) is 8.58. The van der Waals surface area contributed by atoms with Gasteiger partial charge in [0.2, 0.25) is 5.91 Å². The van der Waals surface area contributed by atoms with Gasteiger partial charge in [-0.05, 0) is 12.2 Å². The standard InChI is InChI=1S/C17H31N3OS/c1-3-4-5-6-7-8-9-10-13-22-14-16(20-15(2)21)17-18-11-12-19-17/h11-12,16H,3-10,13-14H2,1-2H3,(H,18,19)(H,20,21). The molecule has 0 bridgehead atoms. The molecule has 1 rings (SSSR count). The zero-order valence-corrected chi connectivity index (χ0v) is 14.9. The number of rotatable bonds is 13. The predicted octanol–water partition coefficient (Wildman–Crippen LogP) is 4.46. The number of hydrogen-bond donors (Lipinski definition) is 2. The minimum Gasteiger partial charge on any atom is -0.347 e. The van der Waals surface area contributed by atoms with Crippen LogP contribution in [-0.2, 0) is 4.79 Å². The largest absolute Gasteiger partial charge is 0.347 e. The number of carbonyl (C=O) groups excluding carboxylic acids is 1. The van der Waals surface area contributed by atoms with Crippen LogP contribution in [0.25, 0.3) is 0 Å². The van der Waals surface area contributed by atoms with E-state index in [1.165, 1.54) is 51.4 Å². The van der Waals surface area contributed by atoms with Gasteiger partial charge in [0, 0.05) is 25.1 Å². The van der Waals surface area contributed by atoms with E-state index < -0.39 is 0 Å². The molecule has 0 saturated heterocycles. The minimum atomic E-state index is -0.00783. The highest BCUT2D eigenvalue weighted by Crippen LogP contribution is 2.17. The van der Waals surface area contributed by atoms with Gasteiger partial charge in [-0.25, -0.2) is 4.98 Å². The quantitative estimate of drug-likeness (QED) is 0.526. The fourth-order valence-corrected chi connectivity index (χ4v) is 3.49. The van der Waals surface area contributed by atoms with E-state index >= 15 is 0 Å². The fraction of sp³-hybridized carbons (Fsp3) is 0.765. The Labute approximate surface area is 139 Å². The second-order valence-corrected chi connectivity index (χ2v) is 6.93. The summed E-state index contributed by atoms with van der Waals surface area (Å²) in [7, 11) is 0. The summed E-state index contributed by atoms with van der Waals surface area (Å²) >= 11 is 1.90. The Balaban J connectivity index is 2.05. The molecule has 22 heavy (non-hydrogen) atoms. The van der Waals surface area contributed by atoms with Crippen LogP contribution in [-0.4, -0.2) is 27.4 Å². The van der Waals surface area contributed by atoms with Crippen molar-refractivity contribution in [3.8, 4) is 0 Å². The molecule has 1 heterocycles. The summed E-state index contributed by atoms with van der Waals surface area (Å²) < 4.78 is 0. The van der Waals surface area contributed by atoms with Crippen LogP contribution < -0.4 is 5.32 Å². The molecule has 0 radical (unpaired) electrons. The second kappa shape index (κ2) is 12.6. The van der Waals surface area contributed by atoms with E-state index in [-0.39, 0.29) is 11.9 Å². The molecule has 0 aromatic carbocycles. The molecule has 0 fully saturated rings. The number of aromatic amines is 1. The highest BCUT2D eigenvalue weighted by molar-refractivity contribution is 7.99. The van der Waals surface area contributed by atoms with Crippen LogP contribution in [0.2, 0.25) is 0 Å². The third-order valence-corrected chi connectivity index (χ3v) is 4.80. The molecule has 0 aliphatic heterocycles. The molecule has 5 heteroatoms. The molecule has 1 atom stereocenters. The van der Waals surface area contributed by atoms with Gasteiger partial charge in [-0.15, -0.1) is 0 Å². The number of hydrogen-bond acceptors (Lipinski definition) is 3. The van der Waals surface area contributed by atoms with E-state index in [1.807, 2.05) is 11.8 Å². The van der Waals surface area contributed by atoms with Crippen LogP contribution in [0.15, 0.2) is 12.4 Å². The molecule has 0 spiro atoms. The minimum absolute atomic E-state index is 0.00548. The zero-order chi connectivity index (χ0) is 16.0. The van der Waals surface area contributed by atoms with Crippen molar-refractivity contribution in [2.45, 2.75) is 71.3 Å². The van der Waals surface area contributed by atoms with Gasteiger partial charge in [0.05, 0.1) is 6.04 Å². The number of aromatic nitrogens is 2. The molecule has 1 unspecified atom stereocenters. The lowest BCUT2D eigenvalue weighted by Crippen LogP contribution is -2.28. The Kier molecular flexibility index (Phi) is 10.9. The predicted molar refractivity (Wildman–Crippen MR) is 95.1 cm³/mol. The summed E-state index contributed by atoms with van der Waals surface area (Å²) in [5.41, 5.74) is 0. The van der Waals surface area contributed by atoms with Crippen molar-refractivity contribution in [3.63, 3.8) is 0 Å². The van der Waals surface area contributed by atoms with Gasteiger partial charge in [-0.2, -0.15) is 11.8 Å². The fourth-order valence-electron chi connectivity index (χ4n) is 2.44. The van der Waals surface area contributed by atoms with Gasteiger partial charge < -0.3 is 10.3 Å². The highest BCUT2D eigenvalue weighted by atomic mass is 32.2. The topological polar surface area (TPSA) is 57.8 Å². The van der Waals surface area contributed by atoms with E-state index in [2.05, 4.69) is 22.2 Å². The maximum Gasteiger partial charge on any atom is 0.217 e. The first-order chi connectivity index (χ1) is 10.7. The average Bonchev–Trinajstić information content (AvgIpc) is 3.02. The van der Waals surface area contributed by atoms with Gasteiger partial charge in [0.15, 0.2) is 0 Å². The Hall–Kier alpha value is -0.970. The molecule has 0 aliphatic rings. The highest BCUT2D eigenvalue weighted by Gasteiger charge is 2.14. The van der Waals surface area contributed by atoms with Crippen molar-refractivity contribution in [2.24, 2.45) is 0 Å². The Morgan fingerprint density at radius 1 is 1.23 bits per heavy atom.